The molecule has 182 valence electrons. The van der Waals surface area contributed by atoms with Crippen molar-refractivity contribution in [3.05, 3.63) is 75.7 Å². The number of hydrogen-bond acceptors (Lipinski definition) is 7. The zero-order valence-electron chi connectivity index (χ0n) is 20.0. The first-order chi connectivity index (χ1) is 17.5. The molecule has 5 aromatic rings. The molecule has 0 amide bonds. The second-order valence-electron chi connectivity index (χ2n) is 9.19. The third kappa shape index (κ3) is 3.33. The Balaban J connectivity index is 1.57. The van der Waals surface area contributed by atoms with E-state index in [1.54, 1.807) is 24.0 Å². The molecule has 5 heterocycles. The van der Waals surface area contributed by atoms with Crippen molar-refractivity contribution < 1.29 is 0 Å². The van der Waals surface area contributed by atoms with Crippen molar-refractivity contribution in [3.8, 4) is 0 Å². The van der Waals surface area contributed by atoms with Crippen molar-refractivity contribution >= 4 is 45.1 Å². The molecular weight excluding hydrogens is 456 g/mol. The number of hydrogen-bond donors (Lipinski definition) is 1. The molecule has 10 heteroatoms. The number of para-hydroxylation sites is 1. The maximum absolute atomic E-state index is 13.8. The number of rotatable bonds is 4. The highest BCUT2D eigenvalue weighted by Crippen LogP contribution is 2.26. The summed E-state index contributed by atoms with van der Waals surface area (Å²) in [6.45, 7) is 5.31. The van der Waals surface area contributed by atoms with Gasteiger partial charge in [-0.3, -0.25) is 28.5 Å². The van der Waals surface area contributed by atoms with Crippen molar-refractivity contribution in [2.45, 2.75) is 25.4 Å². The highest BCUT2D eigenvalue weighted by molar-refractivity contribution is 6.04. The van der Waals surface area contributed by atoms with Gasteiger partial charge in [0.2, 0.25) is 5.95 Å². The molecule has 1 aliphatic heterocycles. The van der Waals surface area contributed by atoms with E-state index >= 15 is 0 Å². The largest absolute Gasteiger partial charge is 0.340 e. The van der Waals surface area contributed by atoms with Crippen LogP contribution in [0.5, 0.6) is 0 Å². The molecule has 10 nitrogen and oxygen atoms in total. The van der Waals surface area contributed by atoms with Gasteiger partial charge in [-0.05, 0) is 31.0 Å². The monoisotopic (exact) mass is 482 g/mol. The Labute approximate surface area is 205 Å². The molecule has 4 aromatic heterocycles. The number of benzene rings is 1. The van der Waals surface area contributed by atoms with Crippen LogP contribution in [0, 0.1) is 0 Å². The SMILES string of the molecule is C=Cn1c(N2CCCC(N)C2)nc2c1c(=O)n(Cc1nc3ccccc3c3ncccc13)c(=O)n2C. The summed E-state index contributed by atoms with van der Waals surface area (Å²) in [7, 11) is 1.63. The van der Waals surface area contributed by atoms with Crippen molar-refractivity contribution in [1.29, 1.82) is 0 Å². The number of aryl methyl sites for hydroxylation is 1. The van der Waals surface area contributed by atoms with Crippen LogP contribution in [-0.2, 0) is 13.6 Å². The minimum atomic E-state index is -0.463. The van der Waals surface area contributed by atoms with E-state index in [9.17, 15) is 9.59 Å². The molecule has 1 aliphatic rings. The first-order valence-corrected chi connectivity index (χ1v) is 11.9. The van der Waals surface area contributed by atoms with E-state index in [0.717, 1.165) is 41.2 Å². The molecule has 0 bridgehead atoms. The summed E-state index contributed by atoms with van der Waals surface area (Å²) in [4.78, 5) is 43.3. The zero-order chi connectivity index (χ0) is 25.0. The predicted octanol–water partition coefficient (Wildman–Crippen LogP) is 2.07. The molecule has 1 unspecified atom stereocenters. The van der Waals surface area contributed by atoms with Crippen LogP contribution in [0.1, 0.15) is 18.5 Å². The summed E-state index contributed by atoms with van der Waals surface area (Å²) in [6, 6.07) is 11.5. The normalized spacial score (nSPS) is 16.3. The van der Waals surface area contributed by atoms with Crippen molar-refractivity contribution in [2.75, 3.05) is 18.0 Å². The van der Waals surface area contributed by atoms with E-state index in [4.69, 9.17) is 10.7 Å². The zero-order valence-corrected chi connectivity index (χ0v) is 20.0. The molecule has 0 spiro atoms. The lowest BCUT2D eigenvalue weighted by Gasteiger charge is -2.31. The Morgan fingerprint density at radius 2 is 1.94 bits per heavy atom. The summed E-state index contributed by atoms with van der Waals surface area (Å²) in [5.74, 6) is 0.568. The molecule has 0 saturated carbocycles. The average Bonchev–Trinajstić information content (AvgIpc) is 3.30. The minimum Gasteiger partial charge on any atom is -0.340 e. The molecule has 0 radical (unpaired) electrons. The fourth-order valence-corrected chi connectivity index (χ4v) is 5.16. The molecule has 1 saturated heterocycles. The first kappa shape index (κ1) is 22.2. The molecule has 1 fully saturated rings. The molecular formula is C26H26N8O2. The van der Waals surface area contributed by atoms with Crippen LogP contribution in [-0.4, -0.2) is 47.8 Å². The Bertz CT molecular complexity index is 1780. The van der Waals surface area contributed by atoms with Gasteiger partial charge >= 0.3 is 5.69 Å². The molecule has 0 aliphatic carbocycles. The van der Waals surface area contributed by atoms with Crippen LogP contribution in [0.25, 0.3) is 39.2 Å². The van der Waals surface area contributed by atoms with Gasteiger partial charge in [-0.15, -0.1) is 0 Å². The molecule has 1 aromatic carbocycles. The van der Waals surface area contributed by atoms with Gasteiger partial charge in [-0.1, -0.05) is 24.8 Å². The smallest absolute Gasteiger partial charge is 0.332 e. The van der Waals surface area contributed by atoms with Crippen LogP contribution >= 0.6 is 0 Å². The maximum Gasteiger partial charge on any atom is 0.332 e. The third-order valence-corrected chi connectivity index (χ3v) is 6.92. The van der Waals surface area contributed by atoms with E-state index in [1.165, 1.54) is 9.13 Å². The van der Waals surface area contributed by atoms with Crippen molar-refractivity contribution in [2.24, 2.45) is 12.8 Å². The van der Waals surface area contributed by atoms with E-state index in [2.05, 4.69) is 16.5 Å². The Morgan fingerprint density at radius 3 is 2.75 bits per heavy atom. The third-order valence-electron chi connectivity index (χ3n) is 6.92. The number of nitrogens with two attached hydrogens (primary N) is 1. The van der Waals surface area contributed by atoms with Gasteiger partial charge in [0, 0.05) is 49.3 Å². The van der Waals surface area contributed by atoms with E-state index in [1.807, 2.05) is 41.3 Å². The molecule has 36 heavy (non-hydrogen) atoms. The fourth-order valence-electron chi connectivity index (χ4n) is 5.16. The highest BCUT2D eigenvalue weighted by atomic mass is 16.2. The topological polar surface area (TPSA) is 117 Å². The Hall–Kier alpha value is -4.31. The van der Waals surface area contributed by atoms with Crippen LogP contribution < -0.4 is 21.9 Å². The second-order valence-corrected chi connectivity index (χ2v) is 9.19. The predicted molar refractivity (Wildman–Crippen MR) is 141 cm³/mol. The van der Waals surface area contributed by atoms with Gasteiger partial charge in [0.25, 0.3) is 5.56 Å². The van der Waals surface area contributed by atoms with Gasteiger partial charge < -0.3 is 10.6 Å². The molecule has 6 rings (SSSR count). The second kappa shape index (κ2) is 8.42. The maximum atomic E-state index is 13.8. The number of pyridine rings is 2. The van der Waals surface area contributed by atoms with Gasteiger partial charge in [0.1, 0.15) is 0 Å². The summed E-state index contributed by atoms with van der Waals surface area (Å²) in [5.41, 5.74) is 8.03. The first-order valence-electron chi connectivity index (χ1n) is 11.9. The molecule has 2 N–H and O–H groups in total. The number of fused-ring (bicyclic) bond motifs is 4. The number of imidazole rings is 1. The number of piperidine rings is 1. The summed E-state index contributed by atoms with van der Waals surface area (Å²) in [5, 5.41) is 1.71. The quantitative estimate of drug-likeness (QED) is 0.390. The molecule has 1 atom stereocenters. The number of nitrogens with zero attached hydrogens (tertiary/aromatic N) is 7. The van der Waals surface area contributed by atoms with Gasteiger partial charge in [-0.2, -0.15) is 4.98 Å². The lowest BCUT2D eigenvalue weighted by atomic mass is 10.1. The average molecular weight is 483 g/mol. The Morgan fingerprint density at radius 1 is 1.14 bits per heavy atom. The lowest BCUT2D eigenvalue weighted by molar-refractivity contribution is 0.499. The minimum absolute atomic E-state index is 0.000713. The van der Waals surface area contributed by atoms with Gasteiger partial charge in [0.15, 0.2) is 11.2 Å². The summed E-state index contributed by atoms with van der Waals surface area (Å²) < 4.78 is 4.28. The standard InChI is InChI=1S/C26H26N8O2/c1-3-33-22-23(30-25(33)32-13-7-8-16(27)14-32)31(2)26(36)34(24(22)35)15-20-18-10-6-12-28-21(18)17-9-4-5-11-19(17)29-20/h3-6,9-12,16H,1,7-8,13-15,27H2,2H3. The fraction of sp³-hybridized carbons (Fsp3) is 0.269. The van der Waals surface area contributed by atoms with Crippen molar-refractivity contribution in [1.82, 2.24) is 28.7 Å². The summed E-state index contributed by atoms with van der Waals surface area (Å²) in [6.07, 6.45) is 5.16. The van der Waals surface area contributed by atoms with Crippen LogP contribution in [0.3, 0.4) is 0 Å². The van der Waals surface area contributed by atoms with E-state index in [0.29, 0.717) is 29.4 Å². The van der Waals surface area contributed by atoms with Crippen LogP contribution in [0.4, 0.5) is 5.95 Å². The van der Waals surface area contributed by atoms with Crippen molar-refractivity contribution in [3.63, 3.8) is 0 Å². The number of aromatic nitrogens is 6. The highest BCUT2D eigenvalue weighted by Gasteiger charge is 2.26. The van der Waals surface area contributed by atoms with E-state index < -0.39 is 11.2 Å². The Kier molecular flexibility index (Phi) is 5.18. The number of anilines is 1. The van der Waals surface area contributed by atoms with Gasteiger partial charge in [0.05, 0.1) is 23.3 Å². The van der Waals surface area contributed by atoms with Gasteiger partial charge in [-0.25, -0.2) is 4.79 Å². The van der Waals surface area contributed by atoms with Crippen LogP contribution in [0.15, 0.2) is 58.8 Å². The van der Waals surface area contributed by atoms with Crippen LogP contribution in [0.2, 0.25) is 0 Å². The van der Waals surface area contributed by atoms with E-state index in [-0.39, 0.29) is 12.6 Å². The summed E-state index contributed by atoms with van der Waals surface area (Å²) >= 11 is 0. The lowest BCUT2D eigenvalue weighted by Crippen LogP contribution is -2.43.